The van der Waals surface area contributed by atoms with Crippen LogP contribution in [0.1, 0.15) is 40.3 Å². The van der Waals surface area contributed by atoms with Crippen LogP contribution in [0.5, 0.6) is 0 Å². The fraction of sp³-hybridized carbons (Fsp3) is 0.250. The minimum absolute atomic E-state index is 0.0223. The third-order valence-corrected chi connectivity index (χ3v) is 6.35. The Labute approximate surface area is 186 Å². The number of halogens is 3. The van der Waals surface area contributed by atoms with Crippen LogP contribution >= 0.6 is 0 Å². The lowest BCUT2D eigenvalue weighted by molar-refractivity contribution is 0.0718. The van der Waals surface area contributed by atoms with E-state index in [1.807, 2.05) is 6.92 Å². The lowest BCUT2D eigenvalue weighted by Crippen LogP contribution is -2.42. The summed E-state index contributed by atoms with van der Waals surface area (Å²) >= 11 is 0. The molecule has 33 heavy (non-hydrogen) atoms. The molecule has 170 valence electrons. The topological polar surface area (TPSA) is 81.0 Å². The SMILES string of the molecule is CCc1cc(F)cc2[nH]c(C(=O)N(C)[C@H]3CNCc4[nH]c(=O)c5cc(F)c(F)cc5c43)cc12. The van der Waals surface area contributed by atoms with Gasteiger partial charge in [-0.3, -0.25) is 9.59 Å². The summed E-state index contributed by atoms with van der Waals surface area (Å²) in [6.45, 7) is 2.58. The van der Waals surface area contributed by atoms with Crippen molar-refractivity contribution >= 4 is 27.6 Å². The van der Waals surface area contributed by atoms with Crippen LogP contribution in [0.25, 0.3) is 21.7 Å². The number of hydrogen-bond acceptors (Lipinski definition) is 3. The number of hydrogen-bond donors (Lipinski definition) is 3. The van der Waals surface area contributed by atoms with Gasteiger partial charge in [-0.1, -0.05) is 6.92 Å². The number of fused-ring (bicyclic) bond motifs is 4. The van der Waals surface area contributed by atoms with Gasteiger partial charge in [-0.2, -0.15) is 0 Å². The van der Waals surface area contributed by atoms with Crippen molar-refractivity contribution in [3.8, 4) is 0 Å². The highest BCUT2D eigenvalue weighted by Gasteiger charge is 2.31. The minimum Gasteiger partial charge on any atom is -0.350 e. The van der Waals surface area contributed by atoms with Gasteiger partial charge in [0.2, 0.25) is 0 Å². The monoisotopic (exact) mass is 454 g/mol. The predicted octanol–water partition coefficient (Wildman–Crippen LogP) is 3.91. The van der Waals surface area contributed by atoms with Crippen LogP contribution in [0.15, 0.2) is 35.1 Å². The number of amides is 1. The van der Waals surface area contributed by atoms with Crippen LogP contribution in [-0.2, 0) is 13.0 Å². The number of benzene rings is 2. The van der Waals surface area contributed by atoms with Crippen LogP contribution in [-0.4, -0.2) is 34.4 Å². The Balaban J connectivity index is 1.61. The summed E-state index contributed by atoms with van der Waals surface area (Å²) in [5.41, 5.74) is 2.15. The van der Waals surface area contributed by atoms with Crippen molar-refractivity contribution in [1.29, 1.82) is 0 Å². The Morgan fingerprint density at radius 2 is 1.76 bits per heavy atom. The van der Waals surface area contributed by atoms with E-state index in [0.29, 0.717) is 36.3 Å². The maximum atomic E-state index is 14.1. The van der Waals surface area contributed by atoms with Gasteiger partial charge in [-0.05, 0) is 47.7 Å². The predicted molar refractivity (Wildman–Crippen MR) is 119 cm³/mol. The molecule has 3 N–H and O–H groups in total. The van der Waals surface area contributed by atoms with Crippen molar-refractivity contribution in [2.45, 2.75) is 25.9 Å². The molecule has 1 aliphatic heterocycles. The fourth-order valence-electron chi connectivity index (χ4n) is 4.69. The molecule has 0 radical (unpaired) electrons. The van der Waals surface area contributed by atoms with Crippen LogP contribution in [0, 0.1) is 17.5 Å². The average molecular weight is 454 g/mol. The Morgan fingerprint density at radius 1 is 1.03 bits per heavy atom. The summed E-state index contributed by atoms with van der Waals surface area (Å²) in [6, 6.07) is 5.82. The largest absolute Gasteiger partial charge is 0.350 e. The molecule has 3 heterocycles. The van der Waals surface area contributed by atoms with Gasteiger partial charge in [0, 0.05) is 42.3 Å². The number of rotatable bonds is 3. The van der Waals surface area contributed by atoms with Gasteiger partial charge >= 0.3 is 0 Å². The summed E-state index contributed by atoms with van der Waals surface area (Å²) in [5.74, 6) is -2.91. The third-order valence-electron chi connectivity index (χ3n) is 6.35. The second-order valence-electron chi connectivity index (χ2n) is 8.28. The van der Waals surface area contributed by atoms with Crippen molar-refractivity contribution in [2.24, 2.45) is 0 Å². The van der Waals surface area contributed by atoms with Crippen LogP contribution in [0.4, 0.5) is 13.2 Å². The van der Waals surface area contributed by atoms with E-state index in [1.165, 1.54) is 17.0 Å². The van der Waals surface area contributed by atoms with Gasteiger partial charge in [0.1, 0.15) is 11.5 Å². The molecule has 2 aromatic carbocycles. The minimum atomic E-state index is -1.11. The highest BCUT2D eigenvalue weighted by molar-refractivity contribution is 5.99. The number of aromatic nitrogens is 2. The molecule has 0 aliphatic carbocycles. The number of aromatic amines is 2. The van der Waals surface area contributed by atoms with E-state index in [0.717, 1.165) is 23.1 Å². The molecule has 9 heteroatoms. The second kappa shape index (κ2) is 7.77. The molecule has 0 fully saturated rings. The van der Waals surface area contributed by atoms with Crippen molar-refractivity contribution < 1.29 is 18.0 Å². The molecule has 0 bridgehead atoms. The smallest absolute Gasteiger partial charge is 0.270 e. The highest BCUT2D eigenvalue weighted by Crippen LogP contribution is 2.33. The first-order valence-electron chi connectivity index (χ1n) is 10.6. The molecule has 4 aromatic rings. The zero-order chi connectivity index (χ0) is 23.4. The van der Waals surface area contributed by atoms with Gasteiger partial charge in [-0.25, -0.2) is 13.2 Å². The number of nitrogens with one attached hydrogen (secondary N) is 3. The van der Waals surface area contributed by atoms with Crippen molar-refractivity contribution in [2.75, 3.05) is 13.6 Å². The van der Waals surface area contributed by atoms with E-state index in [4.69, 9.17) is 0 Å². The number of aryl methyl sites for hydroxylation is 1. The van der Waals surface area contributed by atoms with Crippen LogP contribution in [0.3, 0.4) is 0 Å². The molecular weight excluding hydrogens is 433 g/mol. The molecule has 0 unspecified atom stereocenters. The normalized spacial score (nSPS) is 15.7. The number of H-pyrrole nitrogens is 2. The number of nitrogens with zero attached hydrogens (tertiary/aromatic N) is 1. The molecule has 1 aliphatic rings. The maximum absolute atomic E-state index is 14.1. The standard InChI is InChI=1S/C24H21F3N4O2/c1-3-11-4-12(25)5-18-13(11)8-19(29-18)24(33)31(2)21-10-28-9-20-22(21)14-6-16(26)17(27)7-15(14)23(32)30-20/h4-8,21,28-29H,3,9-10H2,1-2H3,(H,30,32)/t21-/m0/s1. The Morgan fingerprint density at radius 3 is 2.48 bits per heavy atom. The first-order valence-corrected chi connectivity index (χ1v) is 10.6. The number of carbonyl (C=O) groups is 1. The number of likely N-dealkylation sites (N-methyl/N-ethyl adjacent to an activating group) is 1. The van der Waals surface area contributed by atoms with Gasteiger partial charge in [0.15, 0.2) is 11.6 Å². The number of carbonyl (C=O) groups excluding carboxylic acids is 1. The molecule has 1 atom stereocenters. The van der Waals surface area contributed by atoms with E-state index in [-0.39, 0.29) is 28.2 Å². The molecule has 0 saturated carbocycles. The molecule has 2 aromatic heterocycles. The quantitative estimate of drug-likeness (QED) is 0.439. The van der Waals surface area contributed by atoms with E-state index >= 15 is 0 Å². The lowest BCUT2D eigenvalue weighted by Gasteiger charge is -2.34. The van der Waals surface area contributed by atoms with Crippen molar-refractivity contribution in [3.05, 3.63) is 80.7 Å². The fourth-order valence-corrected chi connectivity index (χ4v) is 4.69. The van der Waals surface area contributed by atoms with E-state index in [9.17, 15) is 22.8 Å². The molecule has 1 amide bonds. The summed E-state index contributed by atoms with van der Waals surface area (Å²) in [4.78, 5) is 33.1. The summed E-state index contributed by atoms with van der Waals surface area (Å²) in [5, 5.41) is 4.22. The highest BCUT2D eigenvalue weighted by atomic mass is 19.2. The zero-order valence-electron chi connectivity index (χ0n) is 18.0. The average Bonchev–Trinajstić information content (AvgIpc) is 3.22. The van der Waals surface area contributed by atoms with Gasteiger partial charge in [0.25, 0.3) is 11.5 Å². The second-order valence-corrected chi connectivity index (χ2v) is 8.28. The lowest BCUT2D eigenvalue weighted by atomic mass is 9.93. The van der Waals surface area contributed by atoms with Gasteiger partial charge in [-0.15, -0.1) is 0 Å². The zero-order valence-corrected chi connectivity index (χ0v) is 18.0. The van der Waals surface area contributed by atoms with E-state index in [1.54, 1.807) is 13.1 Å². The summed E-state index contributed by atoms with van der Waals surface area (Å²) in [6.07, 6.45) is 0.608. The van der Waals surface area contributed by atoms with Crippen molar-refractivity contribution in [1.82, 2.24) is 20.2 Å². The maximum Gasteiger partial charge on any atom is 0.270 e. The van der Waals surface area contributed by atoms with E-state index < -0.39 is 23.2 Å². The first-order chi connectivity index (χ1) is 15.8. The van der Waals surface area contributed by atoms with Crippen LogP contribution < -0.4 is 10.9 Å². The third kappa shape index (κ3) is 3.39. The Hall–Kier alpha value is -3.59. The molecule has 0 saturated heterocycles. The van der Waals surface area contributed by atoms with Crippen molar-refractivity contribution in [3.63, 3.8) is 0 Å². The van der Waals surface area contributed by atoms with Gasteiger partial charge < -0.3 is 20.2 Å². The summed E-state index contributed by atoms with van der Waals surface area (Å²) in [7, 11) is 1.60. The van der Waals surface area contributed by atoms with E-state index in [2.05, 4.69) is 15.3 Å². The number of pyridine rings is 1. The summed E-state index contributed by atoms with van der Waals surface area (Å²) < 4.78 is 41.9. The Bertz CT molecular complexity index is 1490. The Kier molecular flexibility index (Phi) is 5.01. The molecule has 5 rings (SSSR count). The molecule has 0 spiro atoms. The van der Waals surface area contributed by atoms with Crippen LogP contribution in [0.2, 0.25) is 0 Å². The molecule has 6 nitrogen and oxygen atoms in total. The first kappa shape index (κ1) is 21.3. The molecular formula is C24H21F3N4O2. The van der Waals surface area contributed by atoms with Gasteiger partial charge in [0.05, 0.1) is 11.4 Å².